The molecule has 0 fully saturated rings. The van der Waals surface area contributed by atoms with Crippen LogP contribution in [0.5, 0.6) is 5.75 Å². The van der Waals surface area contributed by atoms with Crippen LogP contribution in [0.25, 0.3) is 0 Å². The summed E-state index contributed by atoms with van der Waals surface area (Å²) in [5.74, 6) is 0.614. The van der Waals surface area contributed by atoms with Crippen LogP contribution in [-0.4, -0.2) is 17.2 Å². The molecule has 1 heterocycles. The van der Waals surface area contributed by atoms with Crippen LogP contribution < -0.4 is 4.74 Å². The van der Waals surface area contributed by atoms with Crippen molar-refractivity contribution in [3.8, 4) is 5.75 Å². The number of nitrogens with zero attached hydrogens (tertiary/aromatic N) is 1. The molecule has 3 nitrogen and oxygen atoms in total. The van der Waals surface area contributed by atoms with Crippen LogP contribution in [-0.2, 0) is 0 Å². The fourth-order valence-corrected chi connectivity index (χ4v) is 2.06. The number of aliphatic hydroxyl groups excluding tert-OH is 1. The summed E-state index contributed by atoms with van der Waals surface area (Å²) in [6.07, 6.45) is 2.60. The molecule has 1 aromatic carbocycles. The number of methoxy groups -OCH3 is 1. The molecule has 1 aromatic heterocycles. The molecule has 0 aliphatic heterocycles. The minimum Gasteiger partial charge on any atom is -0.496 e. The van der Waals surface area contributed by atoms with E-state index in [1.807, 2.05) is 6.92 Å². The maximum Gasteiger partial charge on any atom is 0.125 e. The lowest BCUT2D eigenvalue weighted by atomic mass is 9.98. The molecule has 1 atom stereocenters. The summed E-state index contributed by atoms with van der Waals surface area (Å²) in [5, 5.41) is 11.0. The van der Waals surface area contributed by atoms with Crippen LogP contribution in [0, 0.1) is 6.92 Å². The predicted molar refractivity (Wildman–Crippen MR) is 71.0 cm³/mol. The number of hydrogen-bond donors (Lipinski definition) is 1. The van der Waals surface area contributed by atoms with Gasteiger partial charge in [-0.05, 0) is 42.3 Å². The first kappa shape index (κ1) is 12.9. The molecular formula is C14H14ClNO2. The minimum atomic E-state index is -0.776. The molecule has 0 amide bonds. The highest BCUT2D eigenvalue weighted by Crippen LogP contribution is 2.33. The van der Waals surface area contributed by atoms with Crippen molar-refractivity contribution in [3.05, 3.63) is 58.4 Å². The Hall–Kier alpha value is -1.58. The molecule has 1 unspecified atom stereocenters. The molecule has 2 rings (SSSR count). The second kappa shape index (κ2) is 5.38. The first-order valence-corrected chi connectivity index (χ1v) is 5.93. The number of benzene rings is 1. The normalized spacial score (nSPS) is 12.2. The molecule has 0 saturated heterocycles. The lowest BCUT2D eigenvalue weighted by molar-refractivity contribution is 0.214. The molecule has 0 aliphatic rings. The lowest BCUT2D eigenvalue weighted by Gasteiger charge is -2.17. The topological polar surface area (TPSA) is 42.4 Å². The Labute approximate surface area is 111 Å². The van der Waals surface area contributed by atoms with Crippen molar-refractivity contribution in [1.82, 2.24) is 4.98 Å². The van der Waals surface area contributed by atoms with E-state index in [0.717, 1.165) is 11.1 Å². The SMILES string of the molecule is COc1ccc(Cl)cc1C(O)c1ccncc1C. The van der Waals surface area contributed by atoms with Gasteiger partial charge in [-0.3, -0.25) is 4.98 Å². The molecule has 18 heavy (non-hydrogen) atoms. The van der Waals surface area contributed by atoms with E-state index in [0.29, 0.717) is 16.3 Å². The van der Waals surface area contributed by atoms with Gasteiger partial charge in [0, 0.05) is 23.0 Å². The largest absolute Gasteiger partial charge is 0.496 e. The second-order valence-electron chi connectivity index (χ2n) is 4.02. The van der Waals surface area contributed by atoms with Crippen molar-refractivity contribution in [1.29, 1.82) is 0 Å². The van der Waals surface area contributed by atoms with E-state index < -0.39 is 6.10 Å². The van der Waals surface area contributed by atoms with Gasteiger partial charge >= 0.3 is 0 Å². The highest BCUT2D eigenvalue weighted by molar-refractivity contribution is 6.30. The zero-order chi connectivity index (χ0) is 13.1. The van der Waals surface area contributed by atoms with E-state index in [-0.39, 0.29) is 0 Å². The van der Waals surface area contributed by atoms with E-state index in [4.69, 9.17) is 16.3 Å². The molecular weight excluding hydrogens is 250 g/mol. The Balaban J connectivity index is 2.48. The number of aliphatic hydroxyl groups is 1. The Morgan fingerprint density at radius 2 is 2.06 bits per heavy atom. The monoisotopic (exact) mass is 263 g/mol. The summed E-state index contributed by atoms with van der Waals surface area (Å²) in [4.78, 5) is 4.01. The van der Waals surface area contributed by atoms with Gasteiger partial charge in [0.1, 0.15) is 11.9 Å². The number of aryl methyl sites for hydroxylation is 1. The van der Waals surface area contributed by atoms with E-state index in [1.165, 1.54) is 0 Å². The van der Waals surface area contributed by atoms with Crippen molar-refractivity contribution in [2.24, 2.45) is 0 Å². The van der Waals surface area contributed by atoms with Gasteiger partial charge in [0.25, 0.3) is 0 Å². The van der Waals surface area contributed by atoms with Gasteiger partial charge in [-0.1, -0.05) is 11.6 Å². The molecule has 1 N–H and O–H groups in total. The van der Waals surface area contributed by atoms with Crippen molar-refractivity contribution in [3.63, 3.8) is 0 Å². The maximum absolute atomic E-state index is 10.4. The van der Waals surface area contributed by atoms with Gasteiger partial charge in [0.2, 0.25) is 0 Å². The van der Waals surface area contributed by atoms with E-state index in [1.54, 1.807) is 43.8 Å². The molecule has 0 radical (unpaired) electrons. The second-order valence-corrected chi connectivity index (χ2v) is 4.46. The highest BCUT2D eigenvalue weighted by atomic mass is 35.5. The fourth-order valence-electron chi connectivity index (χ4n) is 1.88. The number of ether oxygens (including phenoxy) is 1. The zero-order valence-corrected chi connectivity index (χ0v) is 11.0. The Morgan fingerprint density at radius 3 is 2.72 bits per heavy atom. The van der Waals surface area contributed by atoms with Crippen LogP contribution in [0.4, 0.5) is 0 Å². The molecule has 94 valence electrons. The van der Waals surface area contributed by atoms with Crippen molar-refractivity contribution in [2.45, 2.75) is 13.0 Å². The Kier molecular flexibility index (Phi) is 3.84. The Bertz CT molecular complexity index is 557. The van der Waals surface area contributed by atoms with Crippen molar-refractivity contribution < 1.29 is 9.84 Å². The first-order valence-electron chi connectivity index (χ1n) is 5.55. The third kappa shape index (κ3) is 2.47. The van der Waals surface area contributed by atoms with Gasteiger partial charge in [-0.2, -0.15) is 0 Å². The number of aromatic nitrogens is 1. The predicted octanol–water partition coefficient (Wildman–Crippen LogP) is 3.13. The summed E-state index contributed by atoms with van der Waals surface area (Å²) in [6.45, 7) is 1.91. The molecule has 0 bridgehead atoms. The first-order chi connectivity index (χ1) is 8.63. The maximum atomic E-state index is 10.4. The van der Waals surface area contributed by atoms with Gasteiger partial charge < -0.3 is 9.84 Å². The number of halogens is 1. The highest BCUT2D eigenvalue weighted by Gasteiger charge is 2.17. The average molecular weight is 264 g/mol. The molecule has 4 heteroatoms. The fraction of sp³-hybridized carbons (Fsp3) is 0.214. The van der Waals surface area contributed by atoms with E-state index in [9.17, 15) is 5.11 Å². The number of pyridine rings is 1. The minimum absolute atomic E-state index is 0.566. The third-order valence-corrected chi connectivity index (χ3v) is 3.08. The van der Waals surface area contributed by atoms with Crippen molar-refractivity contribution >= 4 is 11.6 Å². The smallest absolute Gasteiger partial charge is 0.125 e. The average Bonchev–Trinajstić information content (AvgIpc) is 2.38. The van der Waals surface area contributed by atoms with Crippen LogP contribution >= 0.6 is 11.6 Å². The summed E-state index contributed by atoms with van der Waals surface area (Å²) in [6, 6.07) is 6.98. The summed E-state index contributed by atoms with van der Waals surface area (Å²) in [7, 11) is 1.57. The standard InChI is InChI=1S/C14H14ClNO2/c1-9-8-16-6-5-11(9)14(17)12-7-10(15)3-4-13(12)18-2/h3-8,14,17H,1-2H3. The van der Waals surface area contributed by atoms with Crippen LogP contribution in [0.2, 0.25) is 5.02 Å². The summed E-state index contributed by atoms with van der Waals surface area (Å²) < 4.78 is 5.25. The summed E-state index contributed by atoms with van der Waals surface area (Å²) in [5.41, 5.74) is 2.37. The third-order valence-electron chi connectivity index (χ3n) is 2.84. The van der Waals surface area contributed by atoms with E-state index in [2.05, 4.69) is 4.98 Å². The van der Waals surface area contributed by atoms with Crippen molar-refractivity contribution in [2.75, 3.05) is 7.11 Å². The van der Waals surface area contributed by atoms with E-state index >= 15 is 0 Å². The van der Waals surface area contributed by atoms with Gasteiger partial charge in [-0.15, -0.1) is 0 Å². The lowest BCUT2D eigenvalue weighted by Crippen LogP contribution is -2.04. The molecule has 0 aliphatic carbocycles. The summed E-state index contributed by atoms with van der Waals surface area (Å²) >= 11 is 5.97. The number of hydrogen-bond acceptors (Lipinski definition) is 3. The zero-order valence-electron chi connectivity index (χ0n) is 10.2. The van der Waals surface area contributed by atoms with Gasteiger partial charge in [0.15, 0.2) is 0 Å². The van der Waals surface area contributed by atoms with Crippen LogP contribution in [0.15, 0.2) is 36.7 Å². The van der Waals surface area contributed by atoms with Gasteiger partial charge in [-0.25, -0.2) is 0 Å². The quantitative estimate of drug-likeness (QED) is 0.925. The molecule has 2 aromatic rings. The molecule has 0 spiro atoms. The number of rotatable bonds is 3. The Morgan fingerprint density at radius 1 is 1.28 bits per heavy atom. The van der Waals surface area contributed by atoms with Gasteiger partial charge in [0.05, 0.1) is 7.11 Å². The van der Waals surface area contributed by atoms with Crippen LogP contribution in [0.3, 0.4) is 0 Å². The van der Waals surface area contributed by atoms with Crippen LogP contribution in [0.1, 0.15) is 22.8 Å². The molecule has 0 saturated carbocycles.